The topological polar surface area (TPSA) is 62.6 Å². The van der Waals surface area contributed by atoms with Crippen LogP contribution in [0, 0.1) is 6.92 Å². The highest BCUT2D eigenvalue weighted by atomic mass is 16.3. The number of amides is 2. The number of furan rings is 1. The Labute approximate surface area is 119 Å². The Balaban J connectivity index is 2.29. The number of hydrogen-bond donors (Lipinski definition) is 1. The van der Waals surface area contributed by atoms with Crippen molar-refractivity contribution in [1.82, 2.24) is 10.2 Å². The van der Waals surface area contributed by atoms with Crippen molar-refractivity contribution in [2.75, 3.05) is 6.54 Å². The molecule has 1 fully saturated rings. The average Bonchev–Trinajstić information content (AvgIpc) is 2.80. The number of carbonyl (C=O) groups excluding carboxylic acids is 2. The van der Waals surface area contributed by atoms with E-state index in [4.69, 9.17) is 4.42 Å². The van der Waals surface area contributed by atoms with Crippen molar-refractivity contribution in [2.24, 2.45) is 0 Å². The van der Waals surface area contributed by atoms with Crippen LogP contribution in [-0.4, -0.2) is 28.8 Å². The third kappa shape index (κ3) is 2.57. The fraction of sp³-hybridized carbons (Fsp3) is 0.600. The van der Waals surface area contributed by atoms with E-state index >= 15 is 0 Å². The van der Waals surface area contributed by atoms with Gasteiger partial charge in [-0.2, -0.15) is 0 Å². The van der Waals surface area contributed by atoms with Crippen LogP contribution < -0.4 is 5.32 Å². The minimum atomic E-state index is -0.830. The molecule has 1 aromatic rings. The number of aryl methyl sites for hydroxylation is 1. The predicted molar refractivity (Wildman–Crippen MR) is 75.0 cm³/mol. The van der Waals surface area contributed by atoms with Gasteiger partial charge in [-0.05, 0) is 39.3 Å². The molecule has 0 aromatic carbocycles. The van der Waals surface area contributed by atoms with Crippen molar-refractivity contribution < 1.29 is 14.0 Å². The molecule has 110 valence electrons. The summed E-state index contributed by atoms with van der Waals surface area (Å²) < 4.78 is 5.62. The zero-order valence-electron chi connectivity index (χ0n) is 12.5. The Morgan fingerprint density at radius 2 is 2.15 bits per heavy atom. The first-order chi connectivity index (χ1) is 9.37. The Kier molecular flexibility index (Phi) is 3.88. The van der Waals surface area contributed by atoms with Gasteiger partial charge in [0.2, 0.25) is 11.8 Å². The monoisotopic (exact) mass is 278 g/mol. The van der Waals surface area contributed by atoms with E-state index in [-0.39, 0.29) is 17.9 Å². The molecule has 2 atom stereocenters. The molecule has 2 unspecified atom stereocenters. The van der Waals surface area contributed by atoms with E-state index in [0.717, 1.165) is 11.5 Å². The molecule has 0 radical (unpaired) electrons. The standard InChI is InChI=1S/C15H22N2O3/c1-5-15(4)14(19)17(9-8-13(18)16-15)11(3)12-7-6-10(2)20-12/h6-7,11H,5,8-9H2,1-4H3,(H,16,18). The summed E-state index contributed by atoms with van der Waals surface area (Å²) in [5, 5.41) is 2.84. The van der Waals surface area contributed by atoms with Crippen LogP contribution in [0.5, 0.6) is 0 Å². The second-order valence-electron chi connectivity index (χ2n) is 5.61. The summed E-state index contributed by atoms with van der Waals surface area (Å²) in [5.74, 6) is 1.45. The molecule has 1 aromatic heterocycles. The SMILES string of the molecule is CCC1(C)NC(=O)CCN(C(C)c2ccc(C)o2)C1=O. The smallest absolute Gasteiger partial charge is 0.248 e. The summed E-state index contributed by atoms with van der Waals surface area (Å²) in [7, 11) is 0. The van der Waals surface area contributed by atoms with Gasteiger partial charge in [0.1, 0.15) is 17.1 Å². The highest BCUT2D eigenvalue weighted by Gasteiger charge is 2.41. The number of nitrogens with zero attached hydrogens (tertiary/aromatic N) is 1. The van der Waals surface area contributed by atoms with Gasteiger partial charge in [0, 0.05) is 13.0 Å². The van der Waals surface area contributed by atoms with E-state index in [2.05, 4.69) is 5.32 Å². The van der Waals surface area contributed by atoms with Gasteiger partial charge >= 0.3 is 0 Å². The third-order valence-electron chi connectivity index (χ3n) is 4.08. The first-order valence-corrected chi connectivity index (χ1v) is 7.06. The van der Waals surface area contributed by atoms with E-state index in [1.807, 2.05) is 32.9 Å². The van der Waals surface area contributed by atoms with Gasteiger partial charge in [-0.15, -0.1) is 0 Å². The summed E-state index contributed by atoms with van der Waals surface area (Å²) in [5.41, 5.74) is -0.830. The van der Waals surface area contributed by atoms with Crippen molar-refractivity contribution >= 4 is 11.8 Å². The lowest BCUT2D eigenvalue weighted by Crippen LogP contribution is -2.55. The molecular formula is C15H22N2O3. The van der Waals surface area contributed by atoms with Crippen molar-refractivity contribution in [3.63, 3.8) is 0 Å². The molecule has 5 heteroatoms. The lowest BCUT2D eigenvalue weighted by Gasteiger charge is -2.34. The molecule has 0 saturated carbocycles. The minimum Gasteiger partial charge on any atom is -0.464 e. The molecule has 1 saturated heterocycles. The van der Waals surface area contributed by atoms with E-state index in [1.54, 1.807) is 11.8 Å². The fourth-order valence-electron chi connectivity index (χ4n) is 2.50. The number of rotatable bonds is 3. The van der Waals surface area contributed by atoms with E-state index < -0.39 is 5.54 Å². The second kappa shape index (κ2) is 5.31. The number of nitrogens with one attached hydrogen (secondary N) is 1. The van der Waals surface area contributed by atoms with Gasteiger partial charge in [0.15, 0.2) is 0 Å². The van der Waals surface area contributed by atoms with Crippen molar-refractivity contribution in [3.05, 3.63) is 23.7 Å². The summed E-state index contributed by atoms with van der Waals surface area (Å²) in [6.45, 7) is 7.92. The van der Waals surface area contributed by atoms with Crippen molar-refractivity contribution in [1.29, 1.82) is 0 Å². The van der Waals surface area contributed by atoms with Gasteiger partial charge in [0.05, 0.1) is 6.04 Å². The van der Waals surface area contributed by atoms with E-state index in [9.17, 15) is 9.59 Å². The zero-order chi connectivity index (χ0) is 14.9. The van der Waals surface area contributed by atoms with Crippen molar-refractivity contribution in [3.8, 4) is 0 Å². The Bertz CT molecular complexity index is 523. The molecular weight excluding hydrogens is 256 g/mol. The highest BCUT2D eigenvalue weighted by molar-refractivity contribution is 5.93. The average molecular weight is 278 g/mol. The summed E-state index contributed by atoms with van der Waals surface area (Å²) >= 11 is 0. The highest BCUT2D eigenvalue weighted by Crippen LogP contribution is 2.27. The van der Waals surface area contributed by atoms with Gasteiger partial charge in [-0.3, -0.25) is 9.59 Å². The number of hydrogen-bond acceptors (Lipinski definition) is 3. The number of carbonyl (C=O) groups is 2. The molecule has 1 aliphatic heterocycles. The quantitative estimate of drug-likeness (QED) is 0.921. The van der Waals surface area contributed by atoms with Gasteiger partial charge in [-0.25, -0.2) is 0 Å². The maximum atomic E-state index is 12.7. The van der Waals surface area contributed by atoms with Crippen LogP contribution >= 0.6 is 0 Å². The molecule has 2 rings (SSSR count). The Morgan fingerprint density at radius 1 is 1.45 bits per heavy atom. The van der Waals surface area contributed by atoms with Crippen LogP contribution in [0.2, 0.25) is 0 Å². The van der Waals surface area contributed by atoms with Crippen LogP contribution in [0.1, 0.15) is 51.2 Å². The molecule has 0 bridgehead atoms. The normalized spacial score (nSPS) is 25.3. The summed E-state index contributed by atoms with van der Waals surface area (Å²) in [4.78, 5) is 26.3. The minimum absolute atomic E-state index is 0.0487. The van der Waals surface area contributed by atoms with Gasteiger partial charge in [-0.1, -0.05) is 6.92 Å². The van der Waals surface area contributed by atoms with Gasteiger partial charge < -0.3 is 14.6 Å². The lowest BCUT2D eigenvalue weighted by molar-refractivity contribution is -0.140. The maximum absolute atomic E-state index is 12.7. The molecule has 5 nitrogen and oxygen atoms in total. The molecule has 0 spiro atoms. The summed E-state index contributed by atoms with van der Waals surface area (Å²) in [6.07, 6.45) is 0.892. The molecule has 1 N–H and O–H groups in total. The molecule has 2 heterocycles. The third-order valence-corrected chi connectivity index (χ3v) is 4.08. The first kappa shape index (κ1) is 14.6. The van der Waals surface area contributed by atoms with Gasteiger partial charge in [0.25, 0.3) is 0 Å². The Hall–Kier alpha value is -1.78. The fourth-order valence-corrected chi connectivity index (χ4v) is 2.50. The predicted octanol–water partition coefficient (Wildman–Crippen LogP) is 2.17. The van der Waals surface area contributed by atoms with E-state index in [1.165, 1.54) is 0 Å². The second-order valence-corrected chi connectivity index (χ2v) is 5.61. The first-order valence-electron chi connectivity index (χ1n) is 7.06. The Morgan fingerprint density at radius 3 is 2.70 bits per heavy atom. The molecule has 0 aliphatic carbocycles. The van der Waals surface area contributed by atoms with Crippen LogP contribution in [-0.2, 0) is 9.59 Å². The molecule has 20 heavy (non-hydrogen) atoms. The van der Waals surface area contributed by atoms with Crippen LogP contribution in [0.4, 0.5) is 0 Å². The summed E-state index contributed by atoms with van der Waals surface area (Å²) in [6, 6.07) is 3.60. The lowest BCUT2D eigenvalue weighted by atomic mass is 9.96. The van der Waals surface area contributed by atoms with E-state index in [0.29, 0.717) is 19.4 Å². The largest absolute Gasteiger partial charge is 0.464 e. The molecule has 1 aliphatic rings. The zero-order valence-corrected chi connectivity index (χ0v) is 12.5. The molecule has 2 amide bonds. The van der Waals surface area contributed by atoms with Crippen molar-refractivity contribution in [2.45, 2.75) is 52.1 Å². The van der Waals surface area contributed by atoms with Crippen LogP contribution in [0.15, 0.2) is 16.5 Å². The van der Waals surface area contributed by atoms with Crippen LogP contribution in [0.25, 0.3) is 0 Å². The van der Waals surface area contributed by atoms with Crippen LogP contribution in [0.3, 0.4) is 0 Å². The maximum Gasteiger partial charge on any atom is 0.248 e.